The molecule has 1 fully saturated rings. The molecule has 0 aromatic heterocycles. The summed E-state index contributed by atoms with van der Waals surface area (Å²) in [6, 6.07) is 0. The average Bonchev–Trinajstić information content (AvgIpc) is 2.09. The van der Waals surface area contributed by atoms with E-state index in [0.29, 0.717) is 5.92 Å². The van der Waals surface area contributed by atoms with Gasteiger partial charge in [-0.2, -0.15) is 0 Å². The highest BCUT2D eigenvalue weighted by Gasteiger charge is 2.20. The van der Waals surface area contributed by atoms with Crippen LogP contribution in [0.3, 0.4) is 0 Å². The second-order valence-corrected chi connectivity index (χ2v) is 3.54. The van der Waals surface area contributed by atoms with E-state index >= 15 is 0 Å². The topological polar surface area (TPSA) is 18.5 Å². The van der Waals surface area contributed by atoms with Gasteiger partial charge in [-0.05, 0) is 12.8 Å². The maximum absolute atomic E-state index is 5.56. The molecule has 0 saturated carbocycles. The van der Waals surface area contributed by atoms with E-state index in [1.807, 2.05) is 0 Å². The summed E-state index contributed by atoms with van der Waals surface area (Å²) in [5.74, 6) is 0.642. The molecule has 0 N–H and O–H groups in total. The zero-order valence-corrected chi connectivity index (χ0v) is 8.21. The maximum atomic E-state index is 5.56. The minimum atomic E-state index is 0.0862. The van der Waals surface area contributed by atoms with Crippen LogP contribution in [-0.2, 0) is 9.47 Å². The van der Waals surface area contributed by atoms with Crippen molar-refractivity contribution in [2.24, 2.45) is 5.92 Å². The van der Waals surface area contributed by atoms with Gasteiger partial charge in [-0.15, -0.1) is 0 Å². The minimum Gasteiger partial charge on any atom is -0.352 e. The molecule has 2 heteroatoms. The second-order valence-electron chi connectivity index (χ2n) is 3.54. The van der Waals surface area contributed by atoms with E-state index in [1.54, 1.807) is 0 Å². The summed E-state index contributed by atoms with van der Waals surface area (Å²) in [4.78, 5) is 0. The standard InChI is InChI=1S/C10H20O2/c1-3-5-9-7-11-10(6-4-2)12-8-9/h9-10H,3-8H2,1-2H3. The van der Waals surface area contributed by atoms with E-state index in [2.05, 4.69) is 13.8 Å². The van der Waals surface area contributed by atoms with Crippen LogP contribution in [0.15, 0.2) is 0 Å². The molecule has 1 aliphatic heterocycles. The largest absolute Gasteiger partial charge is 0.352 e. The molecule has 1 saturated heterocycles. The molecule has 0 aliphatic carbocycles. The Morgan fingerprint density at radius 3 is 2.08 bits per heavy atom. The summed E-state index contributed by atoms with van der Waals surface area (Å²) in [6.45, 7) is 6.17. The molecular weight excluding hydrogens is 152 g/mol. The molecule has 0 unspecified atom stereocenters. The van der Waals surface area contributed by atoms with Crippen molar-refractivity contribution in [2.45, 2.75) is 45.8 Å². The van der Waals surface area contributed by atoms with Gasteiger partial charge in [0.05, 0.1) is 13.2 Å². The lowest BCUT2D eigenvalue weighted by molar-refractivity contribution is -0.203. The van der Waals surface area contributed by atoms with E-state index in [0.717, 1.165) is 26.1 Å². The summed E-state index contributed by atoms with van der Waals surface area (Å²) in [7, 11) is 0. The zero-order chi connectivity index (χ0) is 8.81. The number of ether oxygens (including phenoxy) is 2. The fraction of sp³-hybridized carbons (Fsp3) is 1.00. The second kappa shape index (κ2) is 5.55. The molecule has 0 radical (unpaired) electrons. The van der Waals surface area contributed by atoms with Crippen LogP contribution in [-0.4, -0.2) is 19.5 Å². The molecule has 1 rings (SSSR count). The number of rotatable bonds is 4. The van der Waals surface area contributed by atoms with Crippen molar-refractivity contribution in [1.82, 2.24) is 0 Å². The third-order valence-electron chi connectivity index (χ3n) is 2.26. The molecule has 0 aromatic rings. The fourth-order valence-electron chi connectivity index (χ4n) is 1.56. The molecule has 0 bridgehead atoms. The van der Waals surface area contributed by atoms with E-state index in [-0.39, 0.29) is 6.29 Å². The SMILES string of the molecule is CCCC1COC(CCC)OC1. The van der Waals surface area contributed by atoms with Crippen molar-refractivity contribution >= 4 is 0 Å². The van der Waals surface area contributed by atoms with Gasteiger partial charge in [0.15, 0.2) is 6.29 Å². The molecule has 0 atom stereocenters. The van der Waals surface area contributed by atoms with E-state index < -0.39 is 0 Å². The first-order valence-electron chi connectivity index (χ1n) is 5.10. The molecule has 1 heterocycles. The fourth-order valence-corrected chi connectivity index (χ4v) is 1.56. The van der Waals surface area contributed by atoms with Crippen LogP contribution in [0, 0.1) is 5.92 Å². The molecule has 72 valence electrons. The van der Waals surface area contributed by atoms with Gasteiger partial charge in [0.1, 0.15) is 0 Å². The molecule has 1 aliphatic rings. The van der Waals surface area contributed by atoms with Crippen LogP contribution >= 0.6 is 0 Å². The van der Waals surface area contributed by atoms with Gasteiger partial charge in [-0.1, -0.05) is 26.7 Å². The average molecular weight is 172 g/mol. The molecule has 2 nitrogen and oxygen atoms in total. The quantitative estimate of drug-likeness (QED) is 0.649. The van der Waals surface area contributed by atoms with Crippen molar-refractivity contribution in [1.29, 1.82) is 0 Å². The van der Waals surface area contributed by atoms with Crippen LogP contribution in [0.1, 0.15) is 39.5 Å². The van der Waals surface area contributed by atoms with Crippen LogP contribution in [0.4, 0.5) is 0 Å². The van der Waals surface area contributed by atoms with Gasteiger partial charge in [-0.3, -0.25) is 0 Å². The zero-order valence-electron chi connectivity index (χ0n) is 8.21. The molecular formula is C10H20O2. The Morgan fingerprint density at radius 2 is 1.58 bits per heavy atom. The lowest BCUT2D eigenvalue weighted by atomic mass is 10.1. The Bertz CT molecular complexity index is 92.4. The Kier molecular flexibility index (Phi) is 4.62. The van der Waals surface area contributed by atoms with Crippen molar-refractivity contribution in [3.8, 4) is 0 Å². The monoisotopic (exact) mass is 172 g/mol. The summed E-state index contributed by atoms with van der Waals surface area (Å²) >= 11 is 0. The number of hydrogen-bond acceptors (Lipinski definition) is 2. The smallest absolute Gasteiger partial charge is 0.157 e. The first-order chi connectivity index (χ1) is 5.86. The van der Waals surface area contributed by atoms with Crippen molar-refractivity contribution in [2.75, 3.05) is 13.2 Å². The number of hydrogen-bond donors (Lipinski definition) is 0. The summed E-state index contributed by atoms with van der Waals surface area (Å²) in [5.41, 5.74) is 0. The Balaban J connectivity index is 2.11. The van der Waals surface area contributed by atoms with Gasteiger partial charge in [0.25, 0.3) is 0 Å². The Morgan fingerprint density at radius 1 is 1.00 bits per heavy atom. The van der Waals surface area contributed by atoms with Gasteiger partial charge in [-0.25, -0.2) is 0 Å². The maximum Gasteiger partial charge on any atom is 0.157 e. The third-order valence-corrected chi connectivity index (χ3v) is 2.26. The highest BCUT2D eigenvalue weighted by atomic mass is 16.7. The lowest BCUT2D eigenvalue weighted by Gasteiger charge is -2.29. The normalized spacial score (nSPS) is 30.5. The van der Waals surface area contributed by atoms with Crippen LogP contribution in [0.25, 0.3) is 0 Å². The van der Waals surface area contributed by atoms with E-state index in [4.69, 9.17) is 9.47 Å². The first-order valence-corrected chi connectivity index (χ1v) is 5.10. The van der Waals surface area contributed by atoms with Gasteiger partial charge in [0.2, 0.25) is 0 Å². The summed E-state index contributed by atoms with van der Waals surface area (Å²) in [5, 5.41) is 0. The summed E-state index contributed by atoms with van der Waals surface area (Å²) in [6.07, 6.45) is 4.74. The van der Waals surface area contributed by atoms with Crippen LogP contribution in [0.5, 0.6) is 0 Å². The Hall–Kier alpha value is -0.0800. The molecule has 0 spiro atoms. The minimum absolute atomic E-state index is 0.0862. The lowest BCUT2D eigenvalue weighted by Crippen LogP contribution is -2.31. The molecule has 0 amide bonds. The van der Waals surface area contributed by atoms with E-state index in [1.165, 1.54) is 12.8 Å². The van der Waals surface area contributed by atoms with Crippen molar-refractivity contribution < 1.29 is 9.47 Å². The summed E-state index contributed by atoms with van der Waals surface area (Å²) < 4.78 is 11.1. The van der Waals surface area contributed by atoms with E-state index in [9.17, 15) is 0 Å². The van der Waals surface area contributed by atoms with Crippen LogP contribution in [0.2, 0.25) is 0 Å². The highest BCUT2D eigenvalue weighted by molar-refractivity contribution is 4.62. The van der Waals surface area contributed by atoms with Crippen molar-refractivity contribution in [3.63, 3.8) is 0 Å². The van der Waals surface area contributed by atoms with Gasteiger partial charge < -0.3 is 9.47 Å². The predicted molar refractivity (Wildman–Crippen MR) is 49.0 cm³/mol. The molecule has 12 heavy (non-hydrogen) atoms. The van der Waals surface area contributed by atoms with Crippen molar-refractivity contribution in [3.05, 3.63) is 0 Å². The molecule has 0 aromatic carbocycles. The van der Waals surface area contributed by atoms with Gasteiger partial charge >= 0.3 is 0 Å². The third kappa shape index (κ3) is 3.11. The predicted octanol–water partition coefficient (Wildman–Crippen LogP) is 2.58. The van der Waals surface area contributed by atoms with Crippen LogP contribution < -0.4 is 0 Å². The van der Waals surface area contributed by atoms with Gasteiger partial charge in [0, 0.05) is 5.92 Å². The highest BCUT2D eigenvalue weighted by Crippen LogP contribution is 2.18. The first kappa shape index (κ1) is 10.0. The Labute approximate surface area is 75.2 Å².